The fourth-order valence-corrected chi connectivity index (χ4v) is 9.69. The zero-order chi connectivity index (χ0) is 29.7. The van der Waals surface area contributed by atoms with Gasteiger partial charge in [0.25, 0.3) is 0 Å². The normalized spacial score (nSPS) is 31.2. The molecule has 3 fully saturated rings. The van der Waals surface area contributed by atoms with Gasteiger partial charge in [-0.3, -0.25) is 0 Å². The van der Waals surface area contributed by atoms with Crippen molar-refractivity contribution in [2.45, 2.75) is 162 Å². The Morgan fingerprint density at radius 2 is 0.800 bits per heavy atom. The van der Waals surface area contributed by atoms with Crippen molar-refractivity contribution in [1.82, 2.24) is 0 Å². The van der Waals surface area contributed by atoms with Crippen LogP contribution >= 0.6 is 0 Å². The van der Waals surface area contributed by atoms with Gasteiger partial charge in [0.05, 0.1) is 4.90 Å². The van der Waals surface area contributed by atoms with E-state index in [1.54, 1.807) is 0 Å². The lowest BCUT2D eigenvalue weighted by atomic mass is 9.66. The van der Waals surface area contributed by atoms with Crippen LogP contribution in [0.15, 0.2) is 17.0 Å². The summed E-state index contributed by atoms with van der Waals surface area (Å²) in [5.74, 6) is 2.86. The molecule has 3 saturated carbocycles. The summed E-state index contributed by atoms with van der Waals surface area (Å²) >= 11 is 0. The van der Waals surface area contributed by atoms with Crippen molar-refractivity contribution >= 4 is 10.1 Å². The fraction of sp³-hybridized carbons (Fsp3) is 0.833. The van der Waals surface area contributed by atoms with Crippen molar-refractivity contribution in [3.63, 3.8) is 0 Å². The zero-order valence-electron chi connectivity index (χ0n) is 27.2. The Morgan fingerprint density at radius 1 is 0.525 bits per heavy atom. The van der Waals surface area contributed by atoms with E-state index in [1.165, 1.54) is 18.4 Å². The van der Waals surface area contributed by atoms with E-state index in [0.29, 0.717) is 23.2 Å². The van der Waals surface area contributed by atoms with Crippen LogP contribution in [0.2, 0.25) is 0 Å². The Kier molecular flexibility index (Phi) is 9.35. The van der Waals surface area contributed by atoms with Crippen LogP contribution in [-0.4, -0.2) is 13.0 Å². The number of hydrogen-bond donors (Lipinski definition) is 0. The highest BCUT2D eigenvalue weighted by Crippen LogP contribution is 2.51. The van der Waals surface area contributed by atoms with Crippen molar-refractivity contribution in [1.29, 1.82) is 0 Å². The quantitative estimate of drug-likeness (QED) is 0.338. The second-order valence-electron chi connectivity index (χ2n) is 17.2. The molecule has 3 aliphatic rings. The Hall–Kier alpha value is -0.870. The molecule has 3 nitrogen and oxygen atoms in total. The Labute approximate surface area is 247 Å². The van der Waals surface area contributed by atoms with Crippen LogP contribution in [0.4, 0.5) is 0 Å². The third-order valence-electron chi connectivity index (χ3n) is 11.6. The molecule has 1 aromatic carbocycles. The molecule has 40 heavy (non-hydrogen) atoms. The smallest absolute Gasteiger partial charge is 0.124 e. The van der Waals surface area contributed by atoms with Crippen LogP contribution in [-0.2, 0) is 10.1 Å². The summed E-state index contributed by atoms with van der Waals surface area (Å²) in [5.41, 5.74) is 3.95. The van der Waals surface area contributed by atoms with E-state index in [1.807, 2.05) is 0 Å². The van der Waals surface area contributed by atoms with Gasteiger partial charge in [-0.15, -0.1) is 0 Å². The van der Waals surface area contributed by atoms with E-state index in [9.17, 15) is 13.0 Å². The first-order valence-corrected chi connectivity index (χ1v) is 17.9. The Morgan fingerprint density at radius 3 is 1.05 bits per heavy atom. The van der Waals surface area contributed by atoms with Gasteiger partial charge in [-0.05, 0) is 145 Å². The highest BCUT2D eigenvalue weighted by molar-refractivity contribution is 7.85. The fourth-order valence-electron chi connectivity index (χ4n) is 8.66. The van der Waals surface area contributed by atoms with Gasteiger partial charge in [0.1, 0.15) is 10.1 Å². The third kappa shape index (κ3) is 7.36. The molecule has 3 aliphatic carbocycles. The lowest BCUT2D eigenvalue weighted by Gasteiger charge is -2.40. The molecule has 4 heteroatoms. The van der Waals surface area contributed by atoms with E-state index < -0.39 is 10.1 Å². The number of benzene rings is 1. The van der Waals surface area contributed by atoms with Crippen LogP contribution < -0.4 is 0 Å². The van der Waals surface area contributed by atoms with E-state index in [0.717, 1.165) is 81.3 Å². The summed E-state index contributed by atoms with van der Waals surface area (Å²) in [5, 5.41) is 0. The van der Waals surface area contributed by atoms with Crippen molar-refractivity contribution in [3.05, 3.63) is 28.8 Å². The van der Waals surface area contributed by atoms with Crippen molar-refractivity contribution < 1.29 is 13.0 Å². The molecule has 0 amide bonds. The molecule has 0 radical (unpaired) electrons. The molecule has 4 rings (SSSR count). The second-order valence-corrected chi connectivity index (χ2v) is 18.5. The first-order chi connectivity index (χ1) is 18.4. The zero-order valence-corrected chi connectivity index (χ0v) is 28.1. The highest BCUT2D eigenvalue weighted by atomic mass is 32.2. The summed E-state index contributed by atoms with van der Waals surface area (Å²) < 4.78 is 39.3. The van der Waals surface area contributed by atoms with Gasteiger partial charge in [-0.2, -0.15) is 0 Å². The summed E-state index contributed by atoms with van der Waals surface area (Å²) in [7, 11) is -4.57. The SMILES string of the molecule is CC(C)(C)C1CCC(c2cc(C3CCC(C(C)(C)C)CC3)c(S(=O)(=O)[O-])c(C3CCC(C(C)(C)C)CC3)c2)CC1. The topological polar surface area (TPSA) is 57.2 Å². The molecule has 0 aliphatic heterocycles. The summed E-state index contributed by atoms with van der Waals surface area (Å²) in [6.07, 6.45) is 13.2. The standard InChI is InChI=1S/C36H60O3S/c1-34(2,3)28-16-10-24(11-17-28)27-22-31(25-12-18-29(19-13-25)35(4,5)6)33(40(37,38)39)32(23-27)26-14-20-30(21-15-26)36(7,8)9/h22-26,28-30H,10-21H2,1-9H3,(H,37,38,39)/p-1. The predicted molar refractivity (Wildman–Crippen MR) is 167 cm³/mol. The predicted octanol–water partition coefficient (Wildman–Crippen LogP) is 10.6. The molecular formula is C36H59O3S-. The van der Waals surface area contributed by atoms with E-state index in [4.69, 9.17) is 0 Å². The maximum absolute atomic E-state index is 13.1. The second kappa shape index (κ2) is 11.7. The first kappa shape index (κ1) is 32.1. The van der Waals surface area contributed by atoms with Crippen molar-refractivity contribution in [2.24, 2.45) is 34.0 Å². The Bertz CT molecular complexity index is 1050. The van der Waals surface area contributed by atoms with E-state index in [2.05, 4.69) is 74.4 Å². The van der Waals surface area contributed by atoms with Crippen molar-refractivity contribution in [2.75, 3.05) is 0 Å². The van der Waals surface area contributed by atoms with Gasteiger partial charge in [-0.1, -0.05) is 74.4 Å². The molecule has 228 valence electrons. The third-order valence-corrected chi connectivity index (χ3v) is 12.6. The number of rotatable bonds is 4. The van der Waals surface area contributed by atoms with Crippen LogP contribution in [0.5, 0.6) is 0 Å². The first-order valence-electron chi connectivity index (χ1n) is 16.5. The number of hydrogen-bond acceptors (Lipinski definition) is 3. The van der Waals surface area contributed by atoms with Gasteiger partial charge in [-0.25, -0.2) is 8.42 Å². The van der Waals surface area contributed by atoms with Crippen molar-refractivity contribution in [3.8, 4) is 0 Å². The molecule has 0 aromatic heterocycles. The van der Waals surface area contributed by atoms with Crippen LogP contribution in [0, 0.1) is 34.0 Å². The molecule has 0 spiro atoms. The average molecular weight is 572 g/mol. The summed E-state index contributed by atoms with van der Waals surface area (Å²) in [4.78, 5) is 0.179. The van der Waals surface area contributed by atoms with Gasteiger partial charge < -0.3 is 4.55 Å². The van der Waals surface area contributed by atoms with Crippen LogP contribution in [0.1, 0.15) is 174 Å². The summed E-state index contributed by atoms with van der Waals surface area (Å²) in [6, 6.07) is 4.42. The summed E-state index contributed by atoms with van der Waals surface area (Å²) in [6.45, 7) is 21.0. The molecule has 0 heterocycles. The molecule has 1 aromatic rings. The lowest BCUT2D eigenvalue weighted by molar-refractivity contribution is 0.165. The van der Waals surface area contributed by atoms with Gasteiger partial charge in [0.2, 0.25) is 0 Å². The molecular weight excluding hydrogens is 512 g/mol. The largest absolute Gasteiger partial charge is 0.744 e. The van der Waals surface area contributed by atoms with Gasteiger partial charge >= 0.3 is 0 Å². The molecule has 0 unspecified atom stereocenters. The maximum atomic E-state index is 13.1. The maximum Gasteiger partial charge on any atom is 0.124 e. The average Bonchev–Trinajstić information content (AvgIpc) is 2.86. The molecule has 0 N–H and O–H groups in total. The lowest BCUT2D eigenvalue weighted by Crippen LogP contribution is -2.28. The Balaban J connectivity index is 1.73. The minimum atomic E-state index is -4.57. The minimum absolute atomic E-state index is 0.174. The van der Waals surface area contributed by atoms with Crippen LogP contribution in [0.25, 0.3) is 0 Å². The molecule has 0 atom stereocenters. The van der Waals surface area contributed by atoms with Crippen LogP contribution in [0.3, 0.4) is 0 Å². The molecule has 0 bridgehead atoms. The highest BCUT2D eigenvalue weighted by Gasteiger charge is 2.37. The monoisotopic (exact) mass is 571 g/mol. The van der Waals surface area contributed by atoms with E-state index in [-0.39, 0.29) is 27.6 Å². The van der Waals surface area contributed by atoms with E-state index >= 15 is 0 Å². The van der Waals surface area contributed by atoms with Gasteiger partial charge in [0.15, 0.2) is 0 Å². The minimum Gasteiger partial charge on any atom is -0.744 e. The molecule has 0 saturated heterocycles. The van der Waals surface area contributed by atoms with Gasteiger partial charge in [0, 0.05) is 0 Å².